The third-order valence-electron chi connectivity index (χ3n) is 4.04. The van der Waals surface area contributed by atoms with Gasteiger partial charge in [0.25, 0.3) is 0 Å². The minimum Gasteiger partial charge on any atom is -0.496 e. The molecule has 0 saturated heterocycles. The number of thiophene rings is 1. The van der Waals surface area contributed by atoms with Crippen LogP contribution in [0.25, 0.3) is 0 Å². The van der Waals surface area contributed by atoms with Crippen molar-refractivity contribution < 1.29 is 14.3 Å². The van der Waals surface area contributed by atoms with Gasteiger partial charge in [-0.25, -0.2) is 4.79 Å². The van der Waals surface area contributed by atoms with Crippen LogP contribution in [0.15, 0.2) is 35.3 Å². The summed E-state index contributed by atoms with van der Waals surface area (Å²) in [6.07, 6.45) is 0.945. The number of hydrogen-bond donors (Lipinski definition) is 2. The van der Waals surface area contributed by atoms with E-state index in [0.717, 1.165) is 17.9 Å². The first kappa shape index (κ1) is 20.8. The molecule has 0 spiro atoms. The summed E-state index contributed by atoms with van der Waals surface area (Å²) in [7, 11) is 4.64. The average Bonchev–Trinajstić information content (AvgIpc) is 3.08. The van der Waals surface area contributed by atoms with Crippen LogP contribution in [0.2, 0.25) is 0 Å². The number of methoxy groups -OCH3 is 2. The summed E-state index contributed by atoms with van der Waals surface area (Å²) < 4.78 is 10.1. The molecule has 2 aromatic rings. The Morgan fingerprint density at radius 2 is 2.04 bits per heavy atom. The third kappa shape index (κ3) is 5.99. The topological polar surface area (TPSA) is 72.0 Å². The van der Waals surface area contributed by atoms with Crippen molar-refractivity contribution in [1.29, 1.82) is 0 Å². The minimum absolute atomic E-state index is 0.255. The molecule has 7 heteroatoms. The highest BCUT2D eigenvalue weighted by atomic mass is 32.1. The van der Waals surface area contributed by atoms with Gasteiger partial charge in [-0.1, -0.05) is 6.07 Å². The second-order valence-electron chi connectivity index (χ2n) is 6.21. The molecule has 146 valence electrons. The molecule has 0 aliphatic rings. The highest BCUT2D eigenvalue weighted by Crippen LogP contribution is 2.21. The molecule has 0 radical (unpaired) electrons. The molecule has 2 rings (SSSR count). The van der Waals surface area contributed by atoms with Gasteiger partial charge in [-0.05, 0) is 43.7 Å². The molecule has 1 heterocycles. The molecule has 0 aliphatic carbocycles. The maximum Gasteiger partial charge on any atom is 0.341 e. The summed E-state index contributed by atoms with van der Waals surface area (Å²) in [4.78, 5) is 18.7. The second kappa shape index (κ2) is 9.97. The molecule has 6 nitrogen and oxygen atoms in total. The van der Waals surface area contributed by atoms with Gasteiger partial charge in [0.15, 0.2) is 5.96 Å². The average molecular weight is 390 g/mol. The third-order valence-corrected chi connectivity index (χ3v) is 5.06. The van der Waals surface area contributed by atoms with Crippen LogP contribution in [-0.4, -0.2) is 39.2 Å². The fourth-order valence-electron chi connectivity index (χ4n) is 2.69. The fourth-order valence-corrected chi connectivity index (χ4v) is 3.70. The number of hydrogen-bond acceptors (Lipinski definition) is 5. The molecule has 0 bridgehead atoms. The van der Waals surface area contributed by atoms with Crippen molar-refractivity contribution in [2.24, 2.45) is 4.99 Å². The van der Waals surface area contributed by atoms with Crippen LogP contribution >= 0.6 is 11.3 Å². The van der Waals surface area contributed by atoms with Crippen molar-refractivity contribution in [3.05, 3.63) is 51.2 Å². The summed E-state index contributed by atoms with van der Waals surface area (Å²) in [5.41, 5.74) is 1.38. The summed E-state index contributed by atoms with van der Waals surface area (Å²) in [6.45, 7) is 4.81. The Labute approximate surface area is 164 Å². The molecule has 1 unspecified atom stereocenters. The molecular weight excluding hydrogens is 362 g/mol. The number of nitrogens with zero attached hydrogens (tertiary/aromatic N) is 1. The van der Waals surface area contributed by atoms with Crippen molar-refractivity contribution >= 4 is 23.3 Å². The summed E-state index contributed by atoms with van der Waals surface area (Å²) in [5.74, 6) is 0.804. The predicted molar refractivity (Wildman–Crippen MR) is 110 cm³/mol. The van der Waals surface area contributed by atoms with Crippen molar-refractivity contribution in [2.45, 2.75) is 32.9 Å². The van der Waals surface area contributed by atoms with Crippen LogP contribution in [0.3, 0.4) is 0 Å². The maximum absolute atomic E-state index is 11.7. The van der Waals surface area contributed by atoms with Crippen LogP contribution in [0.5, 0.6) is 5.75 Å². The number of aryl methyl sites for hydroxylation is 1. The zero-order valence-electron chi connectivity index (χ0n) is 16.5. The van der Waals surface area contributed by atoms with E-state index in [4.69, 9.17) is 9.47 Å². The number of carbonyl (C=O) groups excluding carboxylic acids is 1. The van der Waals surface area contributed by atoms with Crippen LogP contribution in [0, 0.1) is 6.92 Å². The fraction of sp³-hybridized carbons (Fsp3) is 0.400. The van der Waals surface area contributed by atoms with Gasteiger partial charge < -0.3 is 20.1 Å². The molecule has 1 aromatic carbocycles. The number of guanidine groups is 1. The van der Waals surface area contributed by atoms with Crippen molar-refractivity contribution in [2.75, 3.05) is 21.3 Å². The maximum atomic E-state index is 11.7. The molecule has 1 atom stereocenters. The Balaban J connectivity index is 1.94. The van der Waals surface area contributed by atoms with E-state index in [1.807, 2.05) is 23.5 Å². The molecule has 1 aromatic heterocycles. The van der Waals surface area contributed by atoms with Crippen molar-refractivity contribution in [3.63, 3.8) is 0 Å². The summed E-state index contributed by atoms with van der Waals surface area (Å²) >= 11 is 1.82. The monoisotopic (exact) mass is 389 g/mol. The smallest absolute Gasteiger partial charge is 0.341 e. The van der Waals surface area contributed by atoms with Crippen LogP contribution < -0.4 is 15.4 Å². The normalized spacial score (nSPS) is 12.4. The van der Waals surface area contributed by atoms with Gasteiger partial charge in [0, 0.05) is 35.8 Å². The lowest BCUT2D eigenvalue weighted by Gasteiger charge is -2.18. The summed E-state index contributed by atoms with van der Waals surface area (Å²) in [6, 6.07) is 9.97. The first-order valence-corrected chi connectivity index (χ1v) is 9.56. The second-order valence-corrected chi connectivity index (χ2v) is 7.59. The van der Waals surface area contributed by atoms with Crippen LogP contribution in [-0.2, 0) is 17.7 Å². The molecule has 2 N–H and O–H groups in total. The Morgan fingerprint density at radius 1 is 1.26 bits per heavy atom. The standard InChI is InChI=1S/C20H27N3O3S/c1-13(10-16-8-6-14(2)27-16)23-20(21-3)22-12-15-7-9-17(19(24)26-5)18(11-15)25-4/h6-9,11,13H,10,12H2,1-5H3,(H2,21,22,23). The lowest BCUT2D eigenvalue weighted by Crippen LogP contribution is -2.42. The molecule has 0 saturated carbocycles. The minimum atomic E-state index is -0.415. The lowest BCUT2D eigenvalue weighted by atomic mass is 10.1. The number of benzene rings is 1. The van der Waals surface area contributed by atoms with Gasteiger partial charge in [0.05, 0.1) is 14.2 Å². The molecule has 27 heavy (non-hydrogen) atoms. The number of aliphatic imine (C=N–C) groups is 1. The number of carbonyl (C=O) groups is 1. The van der Waals surface area contributed by atoms with Crippen molar-refractivity contribution in [3.8, 4) is 5.75 Å². The van der Waals surface area contributed by atoms with E-state index in [2.05, 4.69) is 41.6 Å². The first-order valence-electron chi connectivity index (χ1n) is 8.74. The Kier molecular flexibility index (Phi) is 7.67. The molecule has 0 fully saturated rings. The van der Waals surface area contributed by atoms with Crippen molar-refractivity contribution in [1.82, 2.24) is 10.6 Å². The van der Waals surface area contributed by atoms with Gasteiger partial charge in [0.2, 0.25) is 0 Å². The summed E-state index contributed by atoms with van der Waals surface area (Å²) in [5, 5.41) is 6.69. The number of esters is 1. The largest absolute Gasteiger partial charge is 0.496 e. The Morgan fingerprint density at radius 3 is 2.63 bits per heavy atom. The van der Waals surface area contributed by atoms with Gasteiger partial charge in [-0.2, -0.15) is 0 Å². The van der Waals surface area contributed by atoms with Crippen LogP contribution in [0.1, 0.15) is 32.6 Å². The zero-order chi connectivity index (χ0) is 19.8. The van der Waals surface area contributed by atoms with E-state index in [-0.39, 0.29) is 6.04 Å². The van der Waals surface area contributed by atoms with Gasteiger partial charge in [0.1, 0.15) is 11.3 Å². The first-order chi connectivity index (χ1) is 13.0. The lowest BCUT2D eigenvalue weighted by molar-refractivity contribution is 0.0597. The van der Waals surface area contributed by atoms with Crippen LogP contribution in [0.4, 0.5) is 0 Å². The number of nitrogens with one attached hydrogen (secondary N) is 2. The Hall–Kier alpha value is -2.54. The van der Waals surface area contributed by atoms with E-state index in [1.165, 1.54) is 24.0 Å². The highest BCUT2D eigenvalue weighted by Gasteiger charge is 2.13. The van der Waals surface area contributed by atoms with Gasteiger partial charge in [-0.3, -0.25) is 4.99 Å². The zero-order valence-corrected chi connectivity index (χ0v) is 17.3. The SMILES string of the molecule is CN=C(NCc1ccc(C(=O)OC)c(OC)c1)NC(C)Cc1ccc(C)s1. The quantitative estimate of drug-likeness (QED) is 0.432. The van der Waals surface area contributed by atoms with E-state index in [0.29, 0.717) is 17.9 Å². The van der Waals surface area contributed by atoms with E-state index in [9.17, 15) is 4.79 Å². The van der Waals surface area contributed by atoms with E-state index < -0.39 is 5.97 Å². The van der Waals surface area contributed by atoms with E-state index in [1.54, 1.807) is 13.1 Å². The van der Waals surface area contributed by atoms with Gasteiger partial charge in [-0.15, -0.1) is 11.3 Å². The predicted octanol–water partition coefficient (Wildman–Crippen LogP) is 3.15. The van der Waals surface area contributed by atoms with Gasteiger partial charge >= 0.3 is 5.97 Å². The molecule has 0 amide bonds. The van der Waals surface area contributed by atoms with E-state index >= 15 is 0 Å². The number of rotatable bonds is 7. The number of ether oxygens (including phenoxy) is 2. The Bertz CT molecular complexity index is 802. The highest BCUT2D eigenvalue weighted by molar-refractivity contribution is 7.11. The molecule has 0 aliphatic heterocycles. The molecular formula is C20H27N3O3S.